The maximum atomic E-state index is 12.2. The molecule has 0 unspecified atom stereocenters. The van der Waals surface area contributed by atoms with Gasteiger partial charge >= 0.3 is 0 Å². The highest BCUT2D eigenvalue weighted by Gasteiger charge is 2.27. The molecule has 1 amide bonds. The highest BCUT2D eigenvalue weighted by molar-refractivity contribution is 7.91. The Hall–Kier alpha value is -2.15. The van der Waals surface area contributed by atoms with Crippen molar-refractivity contribution in [3.63, 3.8) is 0 Å². The highest BCUT2D eigenvalue weighted by Crippen LogP contribution is 2.23. The second-order valence-electron chi connectivity index (χ2n) is 5.65. The number of hydrogen-bond donors (Lipinski definition) is 0. The number of sulfone groups is 1. The lowest BCUT2D eigenvalue weighted by atomic mass is 10.2. The Morgan fingerprint density at radius 2 is 1.96 bits per heavy atom. The number of oxazole rings is 1. The Kier molecular flexibility index (Phi) is 4.21. The zero-order valence-corrected chi connectivity index (χ0v) is 13.7. The second kappa shape index (κ2) is 6.16. The predicted octanol–water partition coefficient (Wildman–Crippen LogP) is 1.80. The molecule has 0 aliphatic carbocycles. The zero-order valence-electron chi connectivity index (χ0n) is 12.9. The second-order valence-corrected chi connectivity index (χ2v) is 7.72. The normalized spacial score (nSPS) is 14.6. The number of aryl methyl sites for hydroxylation is 1. The van der Waals surface area contributed by atoms with Crippen LogP contribution in [0.25, 0.3) is 11.5 Å². The summed E-state index contributed by atoms with van der Waals surface area (Å²) in [5.74, 6) is -0.235. The number of nitrogens with zero attached hydrogens (tertiary/aromatic N) is 2. The maximum absolute atomic E-state index is 12.2. The van der Waals surface area contributed by atoms with Crippen molar-refractivity contribution in [1.82, 2.24) is 9.88 Å². The fourth-order valence-corrected chi connectivity index (χ4v) is 3.72. The molecular weight excluding hydrogens is 316 g/mol. The SMILES string of the molecule is Cc1oc(-c2ccccc2)nc1CS(=O)(=O)CC(=O)N1CCC1. The first-order chi connectivity index (χ1) is 10.9. The molecule has 2 heterocycles. The van der Waals surface area contributed by atoms with Crippen molar-refractivity contribution < 1.29 is 17.6 Å². The molecule has 1 saturated heterocycles. The Morgan fingerprint density at radius 3 is 2.57 bits per heavy atom. The molecule has 7 heteroatoms. The van der Waals surface area contributed by atoms with E-state index in [-0.39, 0.29) is 11.7 Å². The van der Waals surface area contributed by atoms with Gasteiger partial charge in [-0.2, -0.15) is 0 Å². The van der Waals surface area contributed by atoms with E-state index < -0.39 is 15.6 Å². The van der Waals surface area contributed by atoms with E-state index >= 15 is 0 Å². The lowest BCUT2D eigenvalue weighted by Gasteiger charge is -2.30. The summed E-state index contributed by atoms with van der Waals surface area (Å²) in [5, 5.41) is 0. The summed E-state index contributed by atoms with van der Waals surface area (Å²) in [6.45, 7) is 2.98. The van der Waals surface area contributed by atoms with E-state index in [0.717, 1.165) is 12.0 Å². The standard InChI is InChI=1S/C16H18N2O4S/c1-12-14(17-16(22-12)13-6-3-2-4-7-13)10-23(20,21)11-15(19)18-8-5-9-18/h2-4,6-7H,5,8-11H2,1H3. The van der Waals surface area contributed by atoms with Crippen molar-refractivity contribution in [3.8, 4) is 11.5 Å². The number of benzene rings is 1. The quantitative estimate of drug-likeness (QED) is 0.833. The summed E-state index contributed by atoms with van der Waals surface area (Å²) >= 11 is 0. The van der Waals surface area contributed by atoms with Crippen LogP contribution in [0, 0.1) is 6.92 Å². The molecule has 0 saturated carbocycles. The van der Waals surface area contributed by atoms with Crippen LogP contribution in [-0.2, 0) is 20.4 Å². The lowest BCUT2D eigenvalue weighted by molar-refractivity contribution is -0.131. The molecule has 2 aromatic rings. The van der Waals surface area contributed by atoms with E-state index in [1.54, 1.807) is 11.8 Å². The molecule has 3 rings (SSSR count). The minimum atomic E-state index is -3.56. The summed E-state index contributed by atoms with van der Waals surface area (Å²) in [6.07, 6.45) is 0.939. The number of likely N-dealkylation sites (tertiary alicyclic amines) is 1. The van der Waals surface area contributed by atoms with Gasteiger partial charge in [-0.3, -0.25) is 4.79 Å². The molecule has 23 heavy (non-hydrogen) atoms. The van der Waals surface area contributed by atoms with Gasteiger partial charge in [0.05, 0.1) is 11.4 Å². The first kappa shape index (κ1) is 15.7. The summed E-state index contributed by atoms with van der Waals surface area (Å²) in [4.78, 5) is 17.7. The van der Waals surface area contributed by atoms with Crippen molar-refractivity contribution in [2.24, 2.45) is 0 Å². The van der Waals surface area contributed by atoms with Crippen LogP contribution in [0.5, 0.6) is 0 Å². The van der Waals surface area contributed by atoms with Gasteiger partial charge in [-0.05, 0) is 25.5 Å². The fourth-order valence-electron chi connectivity index (χ4n) is 2.37. The Bertz CT molecular complexity index is 808. The van der Waals surface area contributed by atoms with Gasteiger partial charge < -0.3 is 9.32 Å². The largest absolute Gasteiger partial charge is 0.441 e. The number of aromatic nitrogens is 1. The summed E-state index contributed by atoms with van der Waals surface area (Å²) in [6, 6.07) is 9.29. The average molecular weight is 334 g/mol. The third-order valence-corrected chi connectivity index (χ3v) is 5.22. The topological polar surface area (TPSA) is 80.5 Å². The van der Waals surface area contributed by atoms with Crippen LogP contribution in [0.1, 0.15) is 17.9 Å². The molecule has 0 atom stereocenters. The van der Waals surface area contributed by atoms with Gasteiger partial charge in [0.15, 0.2) is 9.84 Å². The summed E-state index contributed by atoms with van der Waals surface area (Å²) < 4.78 is 30.0. The predicted molar refractivity (Wildman–Crippen MR) is 85.4 cm³/mol. The van der Waals surface area contributed by atoms with Crippen LogP contribution >= 0.6 is 0 Å². The average Bonchev–Trinajstić information content (AvgIpc) is 2.77. The van der Waals surface area contributed by atoms with Crippen LogP contribution < -0.4 is 0 Å². The molecule has 1 aliphatic rings. The van der Waals surface area contributed by atoms with Gasteiger partial charge in [-0.1, -0.05) is 18.2 Å². The molecule has 1 aliphatic heterocycles. The minimum Gasteiger partial charge on any atom is -0.441 e. The minimum absolute atomic E-state index is 0.283. The van der Waals surface area contributed by atoms with Gasteiger partial charge in [-0.15, -0.1) is 0 Å². The number of carbonyl (C=O) groups is 1. The molecule has 0 N–H and O–H groups in total. The molecule has 1 fully saturated rings. The lowest BCUT2D eigenvalue weighted by Crippen LogP contribution is -2.44. The monoisotopic (exact) mass is 334 g/mol. The molecule has 0 spiro atoms. The maximum Gasteiger partial charge on any atom is 0.237 e. The van der Waals surface area contributed by atoms with Crippen LogP contribution in [-0.4, -0.2) is 43.1 Å². The summed E-state index contributed by atoms with van der Waals surface area (Å²) in [7, 11) is -3.56. The molecule has 122 valence electrons. The number of hydrogen-bond acceptors (Lipinski definition) is 5. The third-order valence-electron chi connectivity index (χ3n) is 3.82. The Morgan fingerprint density at radius 1 is 1.26 bits per heavy atom. The molecule has 6 nitrogen and oxygen atoms in total. The van der Waals surface area contributed by atoms with Gasteiger partial charge in [0.25, 0.3) is 0 Å². The van der Waals surface area contributed by atoms with Crippen molar-refractivity contribution in [2.45, 2.75) is 19.1 Å². The van der Waals surface area contributed by atoms with E-state index in [0.29, 0.717) is 30.4 Å². The van der Waals surface area contributed by atoms with E-state index in [9.17, 15) is 13.2 Å². The molecule has 0 bridgehead atoms. The Balaban J connectivity index is 1.74. The van der Waals surface area contributed by atoms with Gasteiger partial charge in [0, 0.05) is 18.7 Å². The molecule has 0 radical (unpaired) electrons. The number of rotatable bonds is 5. The van der Waals surface area contributed by atoms with E-state index in [2.05, 4.69) is 4.98 Å². The van der Waals surface area contributed by atoms with Gasteiger partial charge in [0.2, 0.25) is 11.8 Å². The van der Waals surface area contributed by atoms with E-state index in [4.69, 9.17) is 4.42 Å². The van der Waals surface area contributed by atoms with Crippen molar-refractivity contribution in [2.75, 3.05) is 18.8 Å². The van der Waals surface area contributed by atoms with E-state index in [1.165, 1.54) is 0 Å². The van der Waals surface area contributed by atoms with Crippen LogP contribution in [0.4, 0.5) is 0 Å². The van der Waals surface area contributed by atoms with Gasteiger partial charge in [-0.25, -0.2) is 13.4 Å². The van der Waals surface area contributed by atoms with Crippen LogP contribution in [0.3, 0.4) is 0 Å². The third kappa shape index (κ3) is 3.61. The summed E-state index contributed by atoms with van der Waals surface area (Å²) in [5.41, 5.74) is 1.15. The number of carbonyl (C=O) groups excluding carboxylic acids is 1. The Labute approximate surface area is 135 Å². The number of amides is 1. The zero-order chi connectivity index (χ0) is 16.4. The van der Waals surface area contributed by atoms with Crippen molar-refractivity contribution >= 4 is 15.7 Å². The molecule has 1 aromatic heterocycles. The fraction of sp³-hybridized carbons (Fsp3) is 0.375. The van der Waals surface area contributed by atoms with Crippen molar-refractivity contribution in [1.29, 1.82) is 0 Å². The van der Waals surface area contributed by atoms with Crippen LogP contribution in [0.15, 0.2) is 34.7 Å². The highest BCUT2D eigenvalue weighted by atomic mass is 32.2. The van der Waals surface area contributed by atoms with Gasteiger partial charge in [0.1, 0.15) is 11.5 Å². The van der Waals surface area contributed by atoms with E-state index in [1.807, 2.05) is 30.3 Å². The van der Waals surface area contributed by atoms with Crippen molar-refractivity contribution in [3.05, 3.63) is 41.8 Å². The smallest absolute Gasteiger partial charge is 0.237 e. The first-order valence-electron chi connectivity index (χ1n) is 7.44. The van der Waals surface area contributed by atoms with Crippen LogP contribution in [0.2, 0.25) is 0 Å². The molecule has 1 aromatic carbocycles. The first-order valence-corrected chi connectivity index (χ1v) is 9.27. The molecular formula is C16H18N2O4S.